The zero-order valence-corrected chi connectivity index (χ0v) is 12.6. The summed E-state index contributed by atoms with van der Waals surface area (Å²) in [6.07, 6.45) is 2.88. The summed E-state index contributed by atoms with van der Waals surface area (Å²) in [7, 11) is 0. The van der Waals surface area contributed by atoms with Crippen molar-refractivity contribution >= 4 is 0 Å². The maximum absolute atomic E-state index is 8.70. The fourth-order valence-electron chi connectivity index (χ4n) is 3.31. The van der Waals surface area contributed by atoms with Gasteiger partial charge in [-0.1, -0.05) is 37.3 Å². The molecule has 21 heavy (non-hydrogen) atoms. The predicted octanol–water partition coefficient (Wildman–Crippen LogP) is 2.37. The van der Waals surface area contributed by atoms with Crippen LogP contribution in [0.1, 0.15) is 38.2 Å². The van der Waals surface area contributed by atoms with Gasteiger partial charge in [0.2, 0.25) is 0 Å². The average molecular weight is 293 g/mol. The van der Waals surface area contributed by atoms with Gasteiger partial charge in [0, 0.05) is 25.7 Å². The number of hydrogen-bond donors (Lipinski definition) is 0. The first-order valence-electron chi connectivity index (χ1n) is 7.84. The fourth-order valence-corrected chi connectivity index (χ4v) is 3.31. The van der Waals surface area contributed by atoms with Crippen molar-refractivity contribution in [3.8, 4) is 0 Å². The van der Waals surface area contributed by atoms with Crippen molar-refractivity contribution in [2.24, 2.45) is 0 Å². The third-order valence-electron chi connectivity index (χ3n) is 4.80. The Morgan fingerprint density at radius 2 is 1.90 bits per heavy atom. The molecule has 1 aromatic carbocycles. The first-order valence-corrected chi connectivity index (χ1v) is 7.84. The van der Waals surface area contributed by atoms with Crippen molar-refractivity contribution in [3.63, 3.8) is 0 Å². The van der Waals surface area contributed by atoms with Gasteiger partial charge >= 0.3 is 0 Å². The maximum Gasteiger partial charge on any atom is 0.190 e. The Balaban J connectivity index is 1.69. The Morgan fingerprint density at radius 1 is 1.19 bits per heavy atom. The zero-order chi connectivity index (χ0) is 14.8. The lowest BCUT2D eigenvalue weighted by molar-refractivity contribution is -0.248. The lowest BCUT2D eigenvalue weighted by Gasteiger charge is -2.42. The van der Waals surface area contributed by atoms with Crippen LogP contribution in [0.25, 0.3) is 0 Å². The lowest BCUT2D eigenvalue weighted by atomic mass is 9.77. The van der Waals surface area contributed by atoms with Gasteiger partial charge in [0.15, 0.2) is 11.4 Å². The molecular formula is C17H25O4+. The van der Waals surface area contributed by atoms with Gasteiger partial charge in [0.1, 0.15) is 6.10 Å². The van der Waals surface area contributed by atoms with Crippen molar-refractivity contribution in [1.82, 2.24) is 0 Å². The van der Waals surface area contributed by atoms with E-state index >= 15 is 0 Å². The number of rotatable bonds is 4. The molecule has 1 heterocycles. The topological polar surface area (TPSA) is 50.6 Å². The summed E-state index contributed by atoms with van der Waals surface area (Å²) in [6.45, 7) is 3.92. The van der Waals surface area contributed by atoms with Gasteiger partial charge in [-0.25, -0.2) is 0 Å². The van der Waals surface area contributed by atoms with Crippen LogP contribution in [0, 0.1) is 0 Å². The quantitative estimate of drug-likeness (QED) is 0.801. The third-order valence-corrected chi connectivity index (χ3v) is 4.80. The Labute approximate surface area is 126 Å². The molecule has 2 N–H and O–H groups in total. The maximum atomic E-state index is 8.70. The monoisotopic (exact) mass is 293 g/mol. The molecule has 1 aromatic rings. The van der Waals surface area contributed by atoms with E-state index in [9.17, 15) is 0 Å². The van der Waals surface area contributed by atoms with Crippen molar-refractivity contribution in [2.75, 3.05) is 13.2 Å². The Bertz CT molecular complexity index is 455. The van der Waals surface area contributed by atoms with E-state index in [0.717, 1.165) is 24.8 Å². The van der Waals surface area contributed by atoms with Crippen LogP contribution >= 0.6 is 0 Å². The Kier molecular flexibility index (Phi) is 4.31. The van der Waals surface area contributed by atoms with E-state index in [1.807, 2.05) is 18.2 Å². The van der Waals surface area contributed by atoms with E-state index in [4.69, 9.17) is 19.3 Å². The smallest absolute Gasteiger partial charge is 0.190 e. The first-order chi connectivity index (χ1) is 10.2. The van der Waals surface area contributed by atoms with E-state index in [1.165, 1.54) is 0 Å². The molecule has 0 bridgehead atoms. The fraction of sp³-hybridized carbons (Fsp3) is 0.647. The molecule has 4 heteroatoms. The second kappa shape index (κ2) is 6.05. The highest BCUT2D eigenvalue weighted by Crippen LogP contribution is 2.43. The summed E-state index contributed by atoms with van der Waals surface area (Å²) in [6, 6.07) is 10.1. The van der Waals surface area contributed by atoms with Gasteiger partial charge in [-0.3, -0.25) is 0 Å². The minimum absolute atomic E-state index is 0.144. The van der Waals surface area contributed by atoms with E-state index in [2.05, 4.69) is 19.1 Å². The Morgan fingerprint density at radius 3 is 2.57 bits per heavy atom. The molecule has 4 nitrogen and oxygen atoms in total. The van der Waals surface area contributed by atoms with E-state index in [0.29, 0.717) is 26.2 Å². The van der Waals surface area contributed by atoms with Crippen LogP contribution < -0.4 is 0 Å². The second-order valence-electron chi connectivity index (χ2n) is 6.11. The number of hydrogen-bond acceptors (Lipinski definition) is 3. The van der Waals surface area contributed by atoms with Gasteiger partial charge in [0.05, 0.1) is 19.8 Å². The van der Waals surface area contributed by atoms with Crippen LogP contribution in [0.2, 0.25) is 0 Å². The van der Waals surface area contributed by atoms with Gasteiger partial charge in [-0.05, 0) is 5.56 Å². The highest BCUT2D eigenvalue weighted by molar-refractivity contribution is 5.13. The molecular weight excluding hydrogens is 268 g/mol. The molecule has 1 aliphatic carbocycles. The molecule has 2 atom stereocenters. The van der Waals surface area contributed by atoms with E-state index < -0.39 is 11.4 Å². The minimum atomic E-state index is -0.532. The average Bonchev–Trinajstić information content (AvgIpc) is 2.98. The molecule has 0 aromatic heterocycles. The summed E-state index contributed by atoms with van der Waals surface area (Å²) >= 11 is 0. The van der Waals surface area contributed by atoms with Gasteiger partial charge in [0.25, 0.3) is 0 Å². The lowest BCUT2D eigenvalue weighted by Crippen LogP contribution is -2.54. The number of ether oxygens (including phenoxy) is 3. The van der Waals surface area contributed by atoms with Crippen LogP contribution in [0.3, 0.4) is 0 Å². The summed E-state index contributed by atoms with van der Waals surface area (Å²) < 4.78 is 17.7. The third kappa shape index (κ3) is 3.14. The van der Waals surface area contributed by atoms with Crippen LogP contribution in [-0.4, -0.2) is 35.8 Å². The standard InChI is InChI=1S/C17H24O4/c1-2-16(18)8-9-17(20-10-11-21-17)12-15(16)19-13-14-6-4-3-5-7-14/h3-7,15,18H,2,8-13H2,1H3/p+1/t15-,16+/m1/s1. The van der Waals surface area contributed by atoms with Crippen molar-refractivity contribution < 1.29 is 19.3 Å². The van der Waals surface area contributed by atoms with Gasteiger partial charge < -0.3 is 19.3 Å². The summed E-state index contributed by atoms with van der Waals surface area (Å²) in [5.41, 5.74) is 0.610. The highest BCUT2D eigenvalue weighted by Gasteiger charge is 2.54. The minimum Gasteiger partial charge on any atom is -0.439 e. The SMILES string of the molecule is CC[C@]1([OH2+])CCC2(C[C@H]1OCc1ccccc1)OCCO2. The predicted molar refractivity (Wildman–Crippen MR) is 80.1 cm³/mol. The Hall–Kier alpha value is -0.940. The molecule has 2 aliphatic rings. The zero-order valence-electron chi connectivity index (χ0n) is 12.6. The normalized spacial score (nSPS) is 31.6. The molecule has 1 saturated heterocycles. The molecule has 1 saturated carbocycles. The largest absolute Gasteiger partial charge is 0.439 e. The summed E-state index contributed by atoms with van der Waals surface area (Å²) in [4.78, 5) is 0. The molecule has 1 aliphatic heterocycles. The summed E-state index contributed by atoms with van der Waals surface area (Å²) in [5, 5.41) is 8.70. The molecule has 3 rings (SSSR count). The van der Waals surface area contributed by atoms with E-state index in [1.54, 1.807) is 0 Å². The highest BCUT2D eigenvalue weighted by atomic mass is 16.7. The summed E-state index contributed by atoms with van der Waals surface area (Å²) in [5.74, 6) is -0.499. The second-order valence-corrected chi connectivity index (χ2v) is 6.11. The van der Waals surface area contributed by atoms with Gasteiger partial charge in [-0.2, -0.15) is 0 Å². The van der Waals surface area contributed by atoms with Gasteiger partial charge in [-0.15, -0.1) is 0 Å². The van der Waals surface area contributed by atoms with Crippen LogP contribution in [0.15, 0.2) is 30.3 Å². The number of benzene rings is 1. The van der Waals surface area contributed by atoms with Crippen LogP contribution in [0.5, 0.6) is 0 Å². The van der Waals surface area contributed by atoms with Crippen LogP contribution in [-0.2, 0) is 20.8 Å². The van der Waals surface area contributed by atoms with Crippen molar-refractivity contribution in [1.29, 1.82) is 0 Å². The van der Waals surface area contributed by atoms with Crippen molar-refractivity contribution in [3.05, 3.63) is 35.9 Å². The molecule has 2 fully saturated rings. The molecule has 0 radical (unpaired) electrons. The van der Waals surface area contributed by atoms with Crippen molar-refractivity contribution in [2.45, 2.75) is 56.7 Å². The molecule has 0 unspecified atom stereocenters. The first kappa shape index (κ1) is 15.0. The van der Waals surface area contributed by atoms with Crippen LogP contribution in [0.4, 0.5) is 0 Å². The molecule has 116 valence electrons. The van der Waals surface area contributed by atoms with E-state index in [-0.39, 0.29) is 6.10 Å². The molecule has 0 amide bonds. The molecule has 1 spiro atoms.